The predicted molar refractivity (Wildman–Crippen MR) is 133 cm³/mol. The number of fused-ring (bicyclic) bond motifs is 1. The highest BCUT2D eigenvalue weighted by Gasteiger charge is 2.29. The smallest absolute Gasteiger partial charge is 0.210 e. The molecule has 0 saturated carbocycles. The standard InChI is InChI=1S/C27H32N4O2/c1-18-8-9-31(17-32)24(14-18)22-5-3-4-19(2)26(22)20-6-7-23-21(15-20)16-25(27(28)29-23)30-10-12-33-13-11-30/h3-7,15-18,24H,8-14H2,1-2H3,(H2,28,29). The first kappa shape index (κ1) is 21.7. The van der Waals surface area contributed by atoms with Gasteiger partial charge in [0, 0.05) is 25.0 Å². The molecule has 3 aromatic rings. The summed E-state index contributed by atoms with van der Waals surface area (Å²) in [5.74, 6) is 1.16. The summed E-state index contributed by atoms with van der Waals surface area (Å²) in [6.07, 6.45) is 3.07. The number of aryl methyl sites for hydroxylation is 1. The lowest BCUT2D eigenvalue weighted by atomic mass is 9.83. The van der Waals surface area contributed by atoms with E-state index >= 15 is 0 Å². The zero-order valence-corrected chi connectivity index (χ0v) is 19.5. The molecular weight excluding hydrogens is 412 g/mol. The lowest BCUT2D eigenvalue weighted by Gasteiger charge is -2.37. The molecule has 2 saturated heterocycles. The second-order valence-electron chi connectivity index (χ2n) is 9.43. The van der Waals surface area contributed by atoms with Crippen molar-refractivity contribution in [2.24, 2.45) is 5.92 Å². The molecule has 0 bridgehead atoms. The van der Waals surface area contributed by atoms with Crippen molar-refractivity contribution in [2.45, 2.75) is 32.7 Å². The van der Waals surface area contributed by atoms with Crippen molar-refractivity contribution in [3.05, 3.63) is 53.6 Å². The second kappa shape index (κ2) is 9.02. The van der Waals surface area contributed by atoms with Crippen LogP contribution in [0.1, 0.15) is 36.9 Å². The van der Waals surface area contributed by atoms with E-state index in [1.165, 1.54) is 16.7 Å². The van der Waals surface area contributed by atoms with E-state index in [4.69, 9.17) is 15.5 Å². The van der Waals surface area contributed by atoms with Gasteiger partial charge in [0.2, 0.25) is 6.41 Å². The Morgan fingerprint density at radius 1 is 1.12 bits per heavy atom. The summed E-state index contributed by atoms with van der Waals surface area (Å²) in [6.45, 7) is 8.30. The topological polar surface area (TPSA) is 71.7 Å². The largest absolute Gasteiger partial charge is 0.382 e. The number of carbonyl (C=O) groups excluding carboxylic acids is 1. The van der Waals surface area contributed by atoms with Crippen LogP contribution < -0.4 is 10.6 Å². The van der Waals surface area contributed by atoms with E-state index in [9.17, 15) is 4.79 Å². The monoisotopic (exact) mass is 444 g/mol. The molecule has 2 aromatic carbocycles. The fraction of sp³-hybridized carbons (Fsp3) is 0.407. The van der Waals surface area contributed by atoms with Gasteiger partial charge in [-0.1, -0.05) is 31.2 Å². The van der Waals surface area contributed by atoms with Crippen LogP contribution in [0.4, 0.5) is 11.5 Å². The highest BCUT2D eigenvalue weighted by molar-refractivity contribution is 5.91. The number of amides is 1. The Labute approximate surface area is 195 Å². The number of aromatic nitrogens is 1. The zero-order chi connectivity index (χ0) is 22.9. The van der Waals surface area contributed by atoms with Crippen LogP contribution in [-0.4, -0.2) is 49.1 Å². The Hall–Kier alpha value is -3.12. The number of morpholine rings is 1. The van der Waals surface area contributed by atoms with Crippen LogP contribution >= 0.6 is 0 Å². The van der Waals surface area contributed by atoms with Crippen molar-refractivity contribution in [3.63, 3.8) is 0 Å². The quantitative estimate of drug-likeness (QED) is 0.598. The summed E-state index contributed by atoms with van der Waals surface area (Å²) in [5.41, 5.74) is 13.0. The Morgan fingerprint density at radius 2 is 1.94 bits per heavy atom. The summed E-state index contributed by atoms with van der Waals surface area (Å²) < 4.78 is 5.50. The van der Waals surface area contributed by atoms with E-state index in [0.717, 1.165) is 61.0 Å². The number of hydrogen-bond acceptors (Lipinski definition) is 5. The van der Waals surface area contributed by atoms with E-state index in [1.54, 1.807) is 0 Å². The van der Waals surface area contributed by atoms with E-state index in [2.05, 4.69) is 61.2 Å². The van der Waals surface area contributed by atoms with Crippen LogP contribution in [-0.2, 0) is 9.53 Å². The van der Waals surface area contributed by atoms with Crippen LogP contribution in [0.15, 0.2) is 42.5 Å². The number of anilines is 2. The van der Waals surface area contributed by atoms with Gasteiger partial charge >= 0.3 is 0 Å². The molecule has 2 unspecified atom stereocenters. The number of ether oxygens (including phenoxy) is 1. The average molecular weight is 445 g/mol. The molecule has 1 amide bonds. The maximum absolute atomic E-state index is 11.9. The molecule has 0 spiro atoms. The third-order valence-corrected chi connectivity index (χ3v) is 7.17. The molecule has 0 radical (unpaired) electrons. The van der Waals surface area contributed by atoms with E-state index < -0.39 is 0 Å². The van der Waals surface area contributed by atoms with Gasteiger partial charge in [-0.3, -0.25) is 4.79 Å². The van der Waals surface area contributed by atoms with Crippen LogP contribution in [0, 0.1) is 12.8 Å². The molecule has 172 valence electrons. The lowest BCUT2D eigenvalue weighted by Crippen LogP contribution is -2.36. The molecule has 2 fully saturated rings. The third kappa shape index (κ3) is 4.15. The van der Waals surface area contributed by atoms with Gasteiger partial charge in [0.1, 0.15) is 5.82 Å². The fourth-order valence-electron chi connectivity index (χ4n) is 5.35. The number of nitrogens with zero attached hydrogens (tertiary/aromatic N) is 3. The summed E-state index contributed by atoms with van der Waals surface area (Å²) in [6, 6.07) is 15.1. The number of piperidine rings is 1. The van der Waals surface area contributed by atoms with Crippen LogP contribution in [0.2, 0.25) is 0 Å². The van der Waals surface area contributed by atoms with Crippen LogP contribution in [0.3, 0.4) is 0 Å². The van der Waals surface area contributed by atoms with Gasteiger partial charge in [-0.2, -0.15) is 0 Å². The lowest BCUT2D eigenvalue weighted by molar-refractivity contribution is -0.122. The highest BCUT2D eigenvalue weighted by atomic mass is 16.5. The third-order valence-electron chi connectivity index (χ3n) is 7.17. The Morgan fingerprint density at radius 3 is 2.73 bits per heavy atom. The van der Waals surface area contributed by atoms with Gasteiger partial charge in [-0.25, -0.2) is 4.98 Å². The molecular formula is C27H32N4O2. The number of benzene rings is 2. The molecule has 5 rings (SSSR count). The van der Waals surface area contributed by atoms with Crippen LogP contribution in [0.25, 0.3) is 22.0 Å². The molecule has 3 heterocycles. The first-order valence-electron chi connectivity index (χ1n) is 11.9. The van der Waals surface area contributed by atoms with E-state index in [1.807, 2.05) is 4.90 Å². The number of likely N-dealkylation sites (tertiary alicyclic amines) is 1. The van der Waals surface area contributed by atoms with Gasteiger partial charge in [-0.15, -0.1) is 0 Å². The minimum absolute atomic E-state index is 0.102. The average Bonchev–Trinajstić information content (AvgIpc) is 2.84. The van der Waals surface area contributed by atoms with Crippen molar-refractivity contribution < 1.29 is 9.53 Å². The van der Waals surface area contributed by atoms with Gasteiger partial charge in [-0.05, 0) is 66.1 Å². The van der Waals surface area contributed by atoms with Crippen molar-refractivity contribution in [1.82, 2.24) is 9.88 Å². The van der Waals surface area contributed by atoms with Crippen molar-refractivity contribution in [1.29, 1.82) is 0 Å². The number of rotatable bonds is 4. The van der Waals surface area contributed by atoms with E-state index in [-0.39, 0.29) is 6.04 Å². The molecule has 2 aliphatic heterocycles. The SMILES string of the molecule is Cc1cccc(C2CC(C)CCN2C=O)c1-c1ccc2nc(N)c(N3CCOCC3)cc2c1. The summed E-state index contributed by atoms with van der Waals surface area (Å²) >= 11 is 0. The molecule has 6 nitrogen and oxygen atoms in total. The van der Waals surface area contributed by atoms with Crippen LogP contribution in [0.5, 0.6) is 0 Å². The number of carbonyl (C=O) groups is 1. The normalized spacial score (nSPS) is 21.4. The first-order chi connectivity index (χ1) is 16.0. The van der Waals surface area contributed by atoms with Crippen molar-refractivity contribution >= 4 is 28.8 Å². The molecule has 2 atom stereocenters. The van der Waals surface area contributed by atoms with Crippen molar-refractivity contribution in [2.75, 3.05) is 43.5 Å². The summed E-state index contributed by atoms with van der Waals surface area (Å²) in [5, 5.41) is 1.07. The number of nitrogen functional groups attached to an aromatic ring is 1. The molecule has 6 heteroatoms. The number of nitrogens with two attached hydrogens (primary N) is 1. The second-order valence-corrected chi connectivity index (χ2v) is 9.43. The fourth-order valence-corrected chi connectivity index (χ4v) is 5.35. The molecule has 1 aromatic heterocycles. The molecule has 2 aliphatic rings. The minimum atomic E-state index is 0.102. The first-order valence-corrected chi connectivity index (χ1v) is 11.9. The summed E-state index contributed by atoms with van der Waals surface area (Å²) in [7, 11) is 0. The Kier molecular flexibility index (Phi) is 5.94. The van der Waals surface area contributed by atoms with E-state index in [0.29, 0.717) is 24.9 Å². The maximum atomic E-state index is 11.9. The summed E-state index contributed by atoms with van der Waals surface area (Å²) in [4.78, 5) is 20.8. The van der Waals surface area contributed by atoms with Crippen molar-refractivity contribution in [3.8, 4) is 11.1 Å². The number of pyridine rings is 1. The minimum Gasteiger partial charge on any atom is -0.382 e. The highest BCUT2D eigenvalue weighted by Crippen LogP contribution is 2.40. The van der Waals surface area contributed by atoms with Gasteiger partial charge < -0.3 is 20.3 Å². The van der Waals surface area contributed by atoms with Gasteiger partial charge in [0.05, 0.1) is 30.5 Å². The Bertz CT molecular complexity index is 1170. The predicted octanol–water partition coefficient (Wildman–Crippen LogP) is 4.56. The zero-order valence-electron chi connectivity index (χ0n) is 19.5. The van der Waals surface area contributed by atoms with Gasteiger partial charge in [0.15, 0.2) is 0 Å². The molecule has 2 N–H and O–H groups in total. The maximum Gasteiger partial charge on any atom is 0.210 e. The Balaban J connectivity index is 1.60. The molecule has 0 aliphatic carbocycles. The van der Waals surface area contributed by atoms with Gasteiger partial charge in [0.25, 0.3) is 0 Å². The number of hydrogen-bond donors (Lipinski definition) is 1. The molecule has 33 heavy (non-hydrogen) atoms.